The van der Waals surface area contributed by atoms with Crippen LogP contribution in [-0.4, -0.2) is 247 Å². The number of rotatable bonds is 42. The third-order valence-electron chi connectivity index (χ3n) is 13.2. The molecule has 0 aromatic heterocycles. The zero-order valence-electron chi connectivity index (χ0n) is 69.2. The number of carbonyl (C=O) groups excluding carboxylic acids is 3. The van der Waals surface area contributed by atoms with E-state index in [4.69, 9.17) is 136 Å². The number of fused-ring (bicyclic) bond motifs is 6. The molecule has 0 saturated carbocycles. The van der Waals surface area contributed by atoms with Gasteiger partial charge in [0.05, 0.1) is 0 Å². The molecule has 0 aliphatic carbocycles. The van der Waals surface area contributed by atoms with Crippen LogP contribution in [0.1, 0.15) is 227 Å². The molecule has 51 heteroatoms. The molecule has 0 aromatic carbocycles. The predicted octanol–water partition coefficient (Wildman–Crippen LogP) is 7.30. The molecule has 2 spiro atoms. The summed E-state index contributed by atoms with van der Waals surface area (Å²) in [5, 5.41) is 8.46. The first-order chi connectivity index (χ1) is 50.0. The van der Waals surface area contributed by atoms with E-state index in [0.29, 0.717) is 26.4 Å². The highest BCUT2D eigenvalue weighted by Gasteiger charge is 2.92. The van der Waals surface area contributed by atoms with Crippen molar-refractivity contribution in [1.82, 2.24) is 16.0 Å². The normalized spacial score (nSPS) is 29.6. The second-order valence-electron chi connectivity index (χ2n) is 28.8. The van der Waals surface area contributed by atoms with Gasteiger partial charge >= 0.3 is 117 Å². The van der Waals surface area contributed by atoms with Crippen molar-refractivity contribution >= 4 is 135 Å². The first kappa shape index (κ1) is 98.5. The van der Waals surface area contributed by atoms with Crippen molar-refractivity contribution in [3.05, 3.63) is 0 Å². The van der Waals surface area contributed by atoms with Gasteiger partial charge in [-0.2, -0.15) is 0 Å². The first-order valence-corrected chi connectivity index (χ1v) is 59.8. The van der Waals surface area contributed by atoms with Crippen LogP contribution in [0.25, 0.3) is 0 Å². The first-order valence-electron chi connectivity index (χ1n) is 37.7. The minimum absolute atomic E-state index is 0.0125. The zero-order valence-corrected chi connectivity index (χ0v) is 82.2. The van der Waals surface area contributed by atoms with Crippen molar-refractivity contribution in [2.45, 2.75) is 318 Å². The fourth-order valence-corrected chi connectivity index (χ4v) is 70.7. The van der Waals surface area contributed by atoms with Crippen molar-refractivity contribution in [3.63, 3.8) is 0 Å². The second kappa shape index (κ2) is 41.6. The summed E-state index contributed by atoms with van der Waals surface area (Å²) in [5.41, 5.74) is 0. The molecule has 6 rings (SSSR count). The van der Waals surface area contributed by atoms with E-state index in [1.54, 1.807) is 166 Å². The molecule has 0 radical (unpaired) electrons. The van der Waals surface area contributed by atoms with Crippen LogP contribution in [0.5, 0.6) is 0 Å². The summed E-state index contributed by atoms with van der Waals surface area (Å²) in [6.45, 7) is 53.4. The summed E-state index contributed by atoms with van der Waals surface area (Å²) in [6, 6.07) is 0.0317. The van der Waals surface area contributed by atoms with Crippen LogP contribution < -0.4 is 16.0 Å². The van der Waals surface area contributed by atoms with Gasteiger partial charge in [0.2, 0.25) is 17.7 Å². The van der Waals surface area contributed by atoms with E-state index in [1.165, 1.54) is 20.8 Å². The molecule has 108 heavy (non-hydrogen) atoms. The molecule has 6 aliphatic heterocycles. The Balaban J connectivity index is 0.00000109. The van der Waals surface area contributed by atoms with Crippen molar-refractivity contribution in [1.29, 1.82) is 0 Å². The van der Waals surface area contributed by atoms with Crippen molar-refractivity contribution in [2.24, 2.45) is 0 Å². The Morgan fingerprint density at radius 3 is 0.704 bits per heavy atom. The molecule has 6 saturated heterocycles. The molecule has 8 unspecified atom stereocenters. The van der Waals surface area contributed by atoms with E-state index < -0.39 is 190 Å². The topological polar surface area (TPSA) is 383 Å². The Hall–Kier alpha value is -0.0505. The van der Waals surface area contributed by atoms with Gasteiger partial charge in [0.25, 0.3) is 0 Å². The molecule has 3 N–H and O–H groups in total. The van der Waals surface area contributed by atoms with Crippen LogP contribution in [-0.2, 0) is 151 Å². The SMILES string of the molecule is CC(=O)NCCC[Si]12O[Si](OC(C)C)(OC(C)C)O[Si]3(OC(C)C)O[Si](OC(C)C)(OC(C)C)O[Si]4(OC(C)C)O[Si]5(CCCNC(C)=O)O[Si](OC(C)C)(OC(C)C)O[Si]6(OC(C)C)O[Si](OC(C)C)(OC(C)C)O[Si](OC(C)C)(O1)O[Si](O5)(O6)O[Si](O2)(O4)O3.CCO[Si](CCCNC(C)=O)(OCC)OCC. The fraction of sp³-hybridized carbons (Fsp3) is 0.947. The highest BCUT2D eigenvalue weighted by molar-refractivity contribution is 7.00. The molecule has 3 amide bonds. The number of amides is 3. The van der Waals surface area contributed by atoms with Gasteiger partial charge in [0.1, 0.15) is 0 Å². The molecule has 6 aliphatic rings. The lowest BCUT2D eigenvalue weighted by Crippen LogP contribution is -2.90. The van der Waals surface area contributed by atoms with Gasteiger partial charge in [0, 0.05) is 152 Å². The van der Waals surface area contributed by atoms with E-state index >= 15 is 0 Å². The van der Waals surface area contributed by atoms with Gasteiger partial charge in [-0.25, -0.2) is 0 Å². The third-order valence-corrected chi connectivity index (χ3v) is 62.9. The molecule has 0 aromatic rings. The maximum atomic E-state index is 12.8. The van der Waals surface area contributed by atoms with Gasteiger partial charge in [-0.3, -0.25) is 14.4 Å². The summed E-state index contributed by atoms with van der Waals surface area (Å²) in [7, 11) is -69.1. The average Bonchev–Trinajstić information content (AvgIpc) is 0.685. The molecule has 6 fully saturated rings. The number of hydrogen-bond acceptors (Lipinski definition) is 35. The van der Waals surface area contributed by atoms with Crippen LogP contribution in [0.3, 0.4) is 0 Å². The predicted molar refractivity (Wildman–Crippen MR) is 407 cm³/mol. The number of hydrogen-bond donors (Lipinski definition) is 3. The quantitative estimate of drug-likeness (QED) is 0.0398. The largest absolute Gasteiger partial charge is 0.668 e. The average molecular weight is 1780 g/mol. The minimum atomic E-state index is -6.05. The smallest absolute Gasteiger partial charge is 0.374 e. The highest BCUT2D eigenvalue weighted by atomic mass is 28.7. The zero-order chi connectivity index (χ0) is 81.4. The lowest BCUT2D eigenvalue weighted by atomic mass is 10.5. The Kier molecular flexibility index (Phi) is 37.9. The van der Waals surface area contributed by atoms with Gasteiger partial charge in [-0.05, 0) is 206 Å². The van der Waals surface area contributed by atoms with Gasteiger partial charge in [-0.15, -0.1) is 0 Å². The summed E-state index contributed by atoms with van der Waals surface area (Å²) in [4.78, 5) is 36.3. The van der Waals surface area contributed by atoms with Gasteiger partial charge in [0.15, 0.2) is 0 Å². The Bertz CT molecular complexity index is 2580. The maximum absolute atomic E-state index is 12.8. The van der Waals surface area contributed by atoms with Crippen molar-refractivity contribution in [3.8, 4) is 0 Å². The van der Waals surface area contributed by atoms with Gasteiger partial charge in [-0.1, -0.05) is 0 Å². The van der Waals surface area contributed by atoms with E-state index in [0.717, 1.165) is 12.5 Å². The maximum Gasteiger partial charge on any atom is 0.668 e. The van der Waals surface area contributed by atoms with Crippen LogP contribution in [0.2, 0.25) is 18.1 Å². The van der Waals surface area contributed by atoms with Crippen LogP contribution in [0, 0.1) is 0 Å². The van der Waals surface area contributed by atoms with Crippen LogP contribution in [0.15, 0.2) is 0 Å². The molecular weight excluding hydrogens is 1650 g/mol. The molecule has 6 heterocycles. The Morgan fingerprint density at radius 2 is 0.491 bits per heavy atom. The van der Waals surface area contributed by atoms with Crippen molar-refractivity contribution < 1.29 is 151 Å². The molecular formula is C57H129N3O35Si13. The lowest BCUT2D eigenvalue weighted by Gasteiger charge is -2.59. The van der Waals surface area contributed by atoms with E-state index in [1.807, 2.05) is 20.8 Å². The monoisotopic (exact) mass is 1780 g/mol. The van der Waals surface area contributed by atoms with E-state index in [9.17, 15) is 14.4 Å². The number of carbonyl (C=O) groups is 3. The molecule has 38 nitrogen and oxygen atoms in total. The summed E-state index contributed by atoms with van der Waals surface area (Å²) < 4.78 is 230. The standard InChI is InChI=1S/C46H104N2O31Si12.C11H25NO4Si/c1-33(2)51-82(52-34(3)4)63-80(31-27-29-47-45(25)49)65-86(59-41(17)18)72-85(57-39(13)14,58-40(15)16)74-89(62-44(23)24)70-83(53-35(5)6,54-36(7)8)64-81(32-28-30-48-46(26)50)66-87(60-42(19)20)71-84(55-37(9)10,56-38(11)12)73-88(69-82,61-43(21)22)77-90(67-80,76-87)79-91(68-81,75-86)78-89;1-5-14-17(15-6-2,16-7-3)10-8-9-12-11(4)13/h33-44H,27-32H2,1-26H3,(H,47,49)(H,48,50);5-10H2,1-4H3,(H,12,13). The minimum Gasteiger partial charge on any atom is -0.374 e. The molecule has 8 bridgehead atoms. The fourth-order valence-electron chi connectivity index (χ4n) is 10.8. The molecule has 634 valence electrons. The summed E-state index contributed by atoms with van der Waals surface area (Å²) in [6.07, 6.45) is -9.28. The van der Waals surface area contributed by atoms with Crippen LogP contribution >= 0.6 is 0 Å². The van der Waals surface area contributed by atoms with E-state index in [-0.39, 0.29) is 55.7 Å². The Labute approximate surface area is 655 Å². The second-order valence-corrected chi connectivity index (χ2v) is 62.0. The summed E-state index contributed by atoms with van der Waals surface area (Å²) in [5.74, 6) is -0.735. The highest BCUT2D eigenvalue weighted by Crippen LogP contribution is 2.53. The number of nitrogens with one attached hydrogen (secondary N) is 3. The lowest BCUT2D eigenvalue weighted by molar-refractivity contribution is -0.156. The van der Waals surface area contributed by atoms with E-state index in [2.05, 4.69) is 16.0 Å². The van der Waals surface area contributed by atoms with Crippen LogP contribution in [0.4, 0.5) is 0 Å². The Morgan fingerprint density at radius 1 is 0.278 bits per heavy atom. The third kappa shape index (κ3) is 29.8. The summed E-state index contributed by atoms with van der Waals surface area (Å²) >= 11 is 0. The molecule has 8 atom stereocenters. The van der Waals surface area contributed by atoms with Gasteiger partial charge < -0.3 is 152 Å². The van der Waals surface area contributed by atoms with Crippen molar-refractivity contribution in [2.75, 3.05) is 39.5 Å².